The highest BCUT2D eigenvalue weighted by molar-refractivity contribution is 7.99. The summed E-state index contributed by atoms with van der Waals surface area (Å²) in [5.41, 5.74) is 2.98. The van der Waals surface area contributed by atoms with Gasteiger partial charge in [-0.15, -0.1) is 11.3 Å². The smallest absolute Gasteiger partial charge is 0.267 e. The van der Waals surface area contributed by atoms with E-state index in [9.17, 15) is 10.1 Å². The summed E-state index contributed by atoms with van der Waals surface area (Å²) >= 11 is 3.08. The van der Waals surface area contributed by atoms with Gasteiger partial charge in [-0.2, -0.15) is 5.26 Å². The average Bonchev–Trinajstić information content (AvgIpc) is 3.38. The van der Waals surface area contributed by atoms with Crippen molar-refractivity contribution in [1.82, 2.24) is 9.55 Å². The van der Waals surface area contributed by atoms with Crippen molar-refractivity contribution in [3.8, 4) is 6.07 Å². The van der Waals surface area contributed by atoms with Crippen LogP contribution in [-0.2, 0) is 0 Å². The van der Waals surface area contributed by atoms with E-state index in [2.05, 4.69) is 24.3 Å². The van der Waals surface area contributed by atoms with E-state index in [0.717, 1.165) is 21.7 Å². The fourth-order valence-corrected chi connectivity index (χ4v) is 5.46. The van der Waals surface area contributed by atoms with Crippen molar-refractivity contribution >= 4 is 40.9 Å². The Balaban J connectivity index is 1.68. The molecule has 1 aliphatic heterocycles. The third-order valence-corrected chi connectivity index (χ3v) is 7.15. The first-order chi connectivity index (χ1) is 15.7. The molecule has 5 rings (SSSR count). The molecule has 154 valence electrons. The molecule has 0 saturated carbocycles. The molecule has 6 heteroatoms. The molecule has 1 atom stereocenters. The van der Waals surface area contributed by atoms with Gasteiger partial charge in [-0.05, 0) is 34.7 Å². The lowest BCUT2D eigenvalue weighted by molar-refractivity contribution is 0.791. The van der Waals surface area contributed by atoms with E-state index in [1.54, 1.807) is 22.0 Å². The van der Waals surface area contributed by atoms with Crippen molar-refractivity contribution < 1.29 is 0 Å². The molecular weight excluding hydrogens is 434 g/mol. The molecule has 0 amide bonds. The largest absolute Gasteiger partial charge is 0.277 e. The Kier molecular flexibility index (Phi) is 5.59. The summed E-state index contributed by atoms with van der Waals surface area (Å²) in [5, 5.41) is 12.4. The van der Waals surface area contributed by atoms with Gasteiger partial charge in [-0.3, -0.25) is 9.36 Å². The van der Waals surface area contributed by atoms with Gasteiger partial charge in [0.1, 0.15) is 11.6 Å². The van der Waals surface area contributed by atoms with Gasteiger partial charge in [-0.1, -0.05) is 84.6 Å². The highest BCUT2D eigenvalue weighted by atomic mass is 32.2. The van der Waals surface area contributed by atoms with Crippen LogP contribution in [0.4, 0.5) is 0 Å². The van der Waals surface area contributed by atoms with Crippen molar-refractivity contribution in [3.63, 3.8) is 0 Å². The number of benzene rings is 2. The van der Waals surface area contributed by atoms with Crippen molar-refractivity contribution in [3.05, 3.63) is 122 Å². The number of fused-ring (bicyclic) bond motifs is 1. The molecule has 0 radical (unpaired) electrons. The summed E-state index contributed by atoms with van der Waals surface area (Å²) in [7, 11) is 0. The summed E-state index contributed by atoms with van der Waals surface area (Å²) in [4.78, 5) is 19.2. The predicted octanol–water partition coefficient (Wildman–Crippen LogP) is 6.08. The minimum absolute atomic E-state index is 0.0130. The van der Waals surface area contributed by atoms with E-state index in [-0.39, 0.29) is 16.4 Å². The first-order valence-corrected chi connectivity index (χ1v) is 11.8. The summed E-state index contributed by atoms with van der Waals surface area (Å²) < 4.78 is 1.58. The number of hydrogen-bond donors (Lipinski definition) is 0. The number of hydrogen-bond acceptors (Lipinski definition) is 5. The van der Waals surface area contributed by atoms with E-state index < -0.39 is 0 Å². The minimum atomic E-state index is -0.344. The molecule has 2 aromatic carbocycles. The Morgan fingerprint density at radius 1 is 0.969 bits per heavy atom. The lowest BCUT2D eigenvalue weighted by atomic mass is 10.1. The van der Waals surface area contributed by atoms with E-state index in [1.165, 1.54) is 11.8 Å². The third kappa shape index (κ3) is 3.84. The van der Waals surface area contributed by atoms with E-state index in [4.69, 9.17) is 4.98 Å². The Bertz CT molecular complexity index is 1410. The molecule has 3 heterocycles. The summed E-state index contributed by atoms with van der Waals surface area (Å²) in [5.74, 6) is 0. The van der Waals surface area contributed by atoms with Crippen LogP contribution in [0.25, 0.3) is 17.8 Å². The fourth-order valence-electron chi connectivity index (χ4n) is 3.56. The van der Waals surface area contributed by atoms with Crippen LogP contribution in [-0.4, -0.2) is 9.55 Å². The normalized spacial score (nSPS) is 15.2. The van der Waals surface area contributed by atoms with E-state index in [0.29, 0.717) is 10.9 Å². The van der Waals surface area contributed by atoms with Gasteiger partial charge < -0.3 is 0 Å². The molecule has 2 aromatic heterocycles. The molecule has 1 unspecified atom stereocenters. The molecule has 1 aliphatic rings. The van der Waals surface area contributed by atoms with Crippen LogP contribution >= 0.6 is 23.1 Å². The number of nitriles is 1. The molecule has 0 bridgehead atoms. The number of rotatable bonds is 4. The zero-order chi connectivity index (χ0) is 21.9. The van der Waals surface area contributed by atoms with Crippen LogP contribution in [0.5, 0.6) is 0 Å². The van der Waals surface area contributed by atoms with Gasteiger partial charge >= 0.3 is 0 Å². The van der Waals surface area contributed by atoms with Crippen LogP contribution in [0.2, 0.25) is 0 Å². The van der Waals surface area contributed by atoms with E-state index in [1.807, 2.05) is 72.1 Å². The van der Waals surface area contributed by atoms with Crippen molar-refractivity contribution in [2.75, 3.05) is 0 Å². The molecule has 0 aliphatic carbocycles. The maximum absolute atomic E-state index is 13.4. The van der Waals surface area contributed by atoms with Crippen molar-refractivity contribution in [2.24, 2.45) is 0 Å². The predicted molar refractivity (Wildman–Crippen MR) is 131 cm³/mol. The lowest BCUT2D eigenvalue weighted by Crippen LogP contribution is -2.28. The quantitative estimate of drug-likeness (QED) is 0.353. The van der Waals surface area contributed by atoms with Gasteiger partial charge in [0.25, 0.3) is 5.56 Å². The maximum atomic E-state index is 13.4. The van der Waals surface area contributed by atoms with Gasteiger partial charge in [0.15, 0.2) is 5.16 Å². The van der Waals surface area contributed by atoms with Crippen LogP contribution in [0.3, 0.4) is 0 Å². The SMILES string of the molecule is N#Cc1c(C=Cc2ccccc2)nc2n(c1=O)C(c1cccs1)=CC(c1ccccc1)S2. The Hall–Kier alpha value is -3.66. The summed E-state index contributed by atoms with van der Waals surface area (Å²) in [6.45, 7) is 0. The standard InChI is InChI=1S/C26H17N3OS2/c27-17-20-21(14-13-18-8-3-1-4-9-18)28-26-29(25(20)30)22(23-12-7-15-31-23)16-24(32-26)19-10-5-2-6-11-19/h1-16,24H. The molecule has 32 heavy (non-hydrogen) atoms. The second kappa shape index (κ2) is 8.83. The number of aromatic nitrogens is 2. The minimum Gasteiger partial charge on any atom is -0.267 e. The van der Waals surface area contributed by atoms with Gasteiger partial charge in [0.2, 0.25) is 0 Å². The van der Waals surface area contributed by atoms with Crippen LogP contribution in [0, 0.1) is 11.3 Å². The number of thiophene rings is 1. The zero-order valence-electron chi connectivity index (χ0n) is 16.9. The molecule has 0 spiro atoms. The Morgan fingerprint density at radius 3 is 2.41 bits per heavy atom. The molecule has 0 N–H and O–H groups in total. The molecule has 4 nitrogen and oxygen atoms in total. The first-order valence-electron chi connectivity index (χ1n) is 10.0. The van der Waals surface area contributed by atoms with Crippen LogP contribution in [0.1, 0.15) is 32.5 Å². The Labute approximate surface area is 193 Å². The van der Waals surface area contributed by atoms with Gasteiger partial charge in [-0.25, -0.2) is 4.98 Å². The molecule has 4 aromatic rings. The zero-order valence-corrected chi connectivity index (χ0v) is 18.5. The first kappa shape index (κ1) is 20.3. The second-order valence-electron chi connectivity index (χ2n) is 7.13. The average molecular weight is 452 g/mol. The molecular formula is C26H17N3OS2. The second-order valence-corrected chi connectivity index (χ2v) is 9.19. The third-order valence-electron chi connectivity index (χ3n) is 5.11. The van der Waals surface area contributed by atoms with Crippen LogP contribution < -0.4 is 5.56 Å². The summed E-state index contributed by atoms with van der Waals surface area (Å²) in [6.07, 6.45) is 5.71. The van der Waals surface area contributed by atoms with Crippen molar-refractivity contribution in [2.45, 2.75) is 10.4 Å². The maximum Gasteiger partial charge on any atom is 0.277 e. The highest BCUT2D eigenvalue weighted by Crippen LogP contribution is 2.43. The summed E-state index contributed by atoms with van der Waals surface area (Å²) in [6, 6.07) is 25.9. The van der Waals surface area contributed by atoms with Gasteiger partial charge in [0, 0.05) is 0 Å². The Morgan fingerprint density at radius 2 is 1.72 bits per heavy atom. The topological polar surface area (TPSA) is 58.7 Å². The molecule has 0 saturated heterocycles. The fraction of sp³-hybridized carbons (Fsp3) is 0.0385. The number of thioether (sulfide) groups is 1. The van der Waals surface area contributed by atoms with Crippen LogP contribution in [0.15, 0.2) is 94.2 Å². The molecule has 0 fully saturated rings. The number of nitrogens with zero attached hydrogens (tertiary/aromatic N) is 3. The highest BCUT2D eigenvalue weighted by Gasteiger charge is 2.27. The lowest BCUT2D eigenvalue weighted by Gasteiger charge is -2.25. The van der Waals surface area contributed by atoms with Gasteiger partial charge in [0.05, 0.1) is 21.5 Å². The monoisotopic (exact) mass is 451 g/mol. The van der Waals surface area contributed by atoms with E-state index >= 15 is 0 Å². The van der Waals surface area contributed by atoms with Crippen molar-refractivity contribution in [1.29, 1.82) is 5.26 Å².